The standard InChI is InChI=1S/C15H17N3O/c16-15(18-13-9-5-2-6-10-13)17-11-14(19)12-7-3-1-4-8-12/h1-10,14,19H,11H2,(H3,16,17,18)/t14-/m1/s1. The molecule has 0 aliphatic carbocycles. The predicted octanol–water partition coefficient (Wildman–Crippen LogP) is 2.15. The Labute approximate surface area is 112 Å². The van der Waals surface area contributed by atoms with E-state index in [2.05, 4.69) is 10.3 Å². The van der Waals surface area contributed by atoms with E-state index in [4.69, 9.17) is 5.73 Å². The van der Waals surface area contributed by atoms with Gasteiger partial charge in [-0.2, -0.15) is 0 Å². The van der Waals surface area contributed by atoms with Crippen LogP contribution in [-0.4, -0.2) is 17.6 Å². The van der Waals surface area contributed by atoms with Crippen LogP contribution in [-0.2, 0) is 0 Å². The molecular formula is C15H17N3O. The number of nitrogens with zero attached hydrogens (tertiary/aromatic N) is 1. The molecule has 0 amide bonds. The van der Waals surface area contributed by atoms with Gasteiger partial charge in [0.25, 0.3) is 0 Å². The van der Waals surface area contributed by atoms with Crippen molar-refractivity contribution < 1.29 is 5.11 Å². The zero-order valence-electron chi connectivity index (χ0n) is 10.5. The third-order valence-corrected chi connectivity index (χ3v) is 2.67. The van der Waals surface area contributed by atoms with Gasteiger partial charge in [0, 0.05) is 5.69 Å². The fourth-order valence-electron chi connectivity index (χ4n) is 1.67. The number of nitrogens with two attached hydrogens (primary N) is 1. The number of hydrogen-bond donors (Lipinski definition) is 3. The van der Waals surface area contributed by atoms with Crippen molar-refractivity contribution in [1.82, 2.24) is 0 Å². The topological polar surface area (TPSA) is 70.6 Å². The number of aliphatic imine (C=N–C) groups is 1. The van der Waals surface area contributed by atoms with E-state index in [1.807, 2.05) is 60.7 Å². The van der Waals surface area contributed by atoms with Gasteiger partial charge in [0.05, 0.1) is 12.6 Å². The molecule has 0 radical (unpaired) electrons. The second-order valence-electron chi connectivity index (χ2n) is 4.14. The van der Waals surface area contributed by atoms with Crippen LogP contribution in [0.15, 0.2) is 65.7 Å². The summed E-state index contributed by atoms with van der Waals surface area (Å²) in [4.78, 5) is 4.13. The Kier molecular flexibility index (Phi) is 4.53. The van der Waals surface area contributed by atoms with Gasteiger partial charge >= 0.3 is 0 Å². The number of aliphatic hydroxyl groups excluding tert-OH is 1. The molecule has 0 fully saturated rings. The van der Waals surface area contributed by atoms with Gasteiger partial charge in [0.1, 0.15) is 0 Å². The van der Waals surface area contributed by atoms with Crippen molar-refractivity contribution in [3.05, 3.63) is 66.2 Å². The Morgan fingerprint density at radius 2 is 1.63 bits per heavy atom. The maximum absolute atomic E-state index is 9.95. The molecule has 0 saturated carbocycles. The lowest BCUT2D eigenvalue weighted by molar-refractivity contribution is 0.187. The van der Waals surface area contributed by atoms with Crippen molar-refractivity contribution in [2.45, 2.75) is 6.10 Å². The average Bonchev–Trinajstić information content (AvgIpc) is 2.47. The summed E-state index contributed by atoms with van der Waals surface area (Å²) in [6, 6.07) is 18.9. The Balaban J connectivity index is 1.91. The van der Waals surface area contributed by atoms with Gasteiger partial charge in [0.2, 0.25) is 0 Å². The zero-order chi connectivity index (χ0) is 13.5. The van der Waals surface area contributed by atoms with Gasteiger partial charge in [0.15, 0.2) is 5.96 Å². The van der Waals surface area contributed by atoms with Crippen molar-refractivity contribution in [2.75, 3.05) is 11.9 Å². The molecule has 2 rings (SSSR count). The van der Waals surface area contributed by atoms with E-state index in [-0.39, 0.29) is 6.54 Å². The molecule has 0 aliphatic rings. The summed E-state index contributed by atoms with van der Waals surface area (Å²) in [6.45, 7) is 0.232. The molecule has 0 heterocycles. The summed E-state index contributed by atoms with van der Waals surface area (Å²) in [7, 11) is 0. The SMILES string of the molecule is NC(=NC[C@@H](O)c1ccccc1)Nc1ccccc1. The first-order valence-electron chi connectivity index (χ1n) is 6.10. The highest BCUT2D eigenvalue weighted by atomic mass is 16.3. The van der Waals surface area contributed by atoms with Gasteiger partial charge in [-0.1, -0.05) is 48.5 Å². The van der Waals surface area contributed by atoms with Crippen molar-refractivity contribution >= 4 is 11.6 Å². The lowest BCUT2D eigenvalue weighted by Crippen LogP contribution is -2.23. The van der Waals surface area contributed by atoms with Crippen LogP contribution in [0.5, 0.6) is 0 Å². The van der Waals surface area contributed by atoms with E-state index < -0.39 is 6.10 Å². The van der Waals surface area contributed by atoms with E-state index >= 15 is 0 Å². The van der Waals surface area contributed by atoms with Gasteiger partial charge < -0.3 is 16.2 Å². The third kappa shape index (κ3) is 4.12. The fourth-order valence-corrected chi connectivity index (χ4v) is 1.67. The monoisotopic (exact) mass is 255 g/mol. The average molecular weight is 255 g/mol. The molecule has 2 aromatic rings. The number of aliphatic hydroxyl groups is 1. The zero-order valence-corrected chi connectivity index (χ0v) is 10.5. The Morgan fingerprint density at radius 1 is 1.05 bits per heavy atom. The number of anilines is 1. The normalized spacial score (nSPS) is 13.0. The number of benzene rings is 2. The van der Waals surface area contributed by atoms with E-state index in [9.17, 15) is 5.11 Å². The van der Waals surface area contributed by atoms with Crippen molar-refractivity contribution in [2.24, 2.45) is 10.7 Å². The molecule has 19 heavy (non-hydrogen) atoms. The maximum atomic E-state index is 9.95. The molecule has 0 aliphatic heterocycles. The summed E-state index contributed by atoms with van der Waals surface area (Å²) >= 11 is 0. The van der Waals surface area contributed by atoms with Crippen LogP contribution in [0.25, 0.3) is 0 Å². The highest BCUT2D eigenvalue weighted by Crippen LogP contribution is 2.12. The number of rotatable bonds is 4. The van der Waals surface area contributed by atoms with Crippen LogP contribution in [0.3, 0.4) is 0 Å². The number of para-hydroxylation sites is 1. The summed E-state index contributed by atoms with van der Waals surface area (Å²) in [6.07, 6.45) is -0.641. The minimum Gasteiger partial charge on any atom is -0.386 e. The maximum Gasteiger partial charge on any atom is 0.193 e. The van der Waals surface area contributed by atoms with E-state index in [0.717, 1.165) is 11.3 Å². The van der Waals surface area contributed by atoms with Gasteiger partial charge in [-0.05, 0) is 17.7 Å². The smallest absolute Gasteiger partial charge is 0.193 e. The predicted molar refractivity (Wildman–Crippen MR) is 78.0 cm³/mol. The fraction of sp³-hybridized carbons (Fsp3) is 0.133. The number of guanidine groups is 1. The van der Waals surface area contributed by atoms with Crippen LogP contribution < -0.4 is 11.1 Å². The molecule has 0 aromatic heterocycles. The minimum atomic E-state index is -0.641. The van der Waals surface area contributed by atoms with Crippen LogP contribution in [0.2, 0.25) is 0 Å². The first-order valence-corrected chi connectivity index (χ1v) is 6.10. The second kappa shape index (κ2) is 6.56. The quantitative estimate of drug-likeness (QED) is 0.579. The molecule has 98 valence electrons. The molecule has 1 atom stereocenters. The summed E-state index contributed by atoms with van der Waals surface area (Å²) in [5.41, 5.74) is 7.47. The van der Waals surface area contributed by atoms with Gasteiger partial charge in [-0.25, -0.2) is 0 Å². The molecule has 0 spiro atoms. The molecule has 0 unspecified atom stereocenters. The van der Waals surface area contributed by atoms with Crippen LogP contribution in [0, 0.1) is 0 Å². The van der Waals surface area contributed by atoms with Crippen LogP contribution in [0.1, 0.15) is 11.7 Å². The first-order chi connectivity index (χ1) is 9.25. The van der Waals surface area contributed by atoms with Crippen molar-refractivity contribution in [1.29, 1.82) is 0 Å². The Morgan fingerprint density at radius 3 is 2.26 bits per heavy atom. The van der Waals surface area contributed by atoms with Crippen molar-refractivity contribution in [3.8, 4) is 0 Å². The first kappa shape index (κ1) is 13.1. The Hall–Kier alpha value is -2.33. The van der Waals surface area contributed by atoms with Gasteiger partial charge in [-0.15, -0.1) is 0 Å². The highest BCUT2D eigenvalue weighted by Gasteiger charge is 2.05. The summed E-state index contributed by atoms with van der Waals surface area (Å²) in [5.74, 6) is 0.293. The second-order valence-corrected chi connectivity index (χ2v) is 4.14. The minimum absolute atomic E-state index is 0.232. The molecular weight excluding hydrogens is 238 g/mol. The van der Waals surface area contributed by atoms with Crippen molar-refractivity contribution in [3.63, 3.8) is 0 Å². The molecule has 4 N–H and O–H groups in total. The summed E-state index contributed by atoms with van der Waals surface area (Å²) in [5, 5.41) is 12.9. The Bertz CT molecular complexity index is 526. The molecule has 0 saturated heterocycles. The molecule has 0 bridgehead atoms. The van der Waals surface area contributed by atoms with Crippen LogP contribution in [0.4, 0.5) is 5.69 Å². The lowest BCUT2D eigenvalue weighted by Gasteiger charge is -2.09. The largest absolute Gasteiger partial charge is 0.386 e. The molecule has 4 nitrogen and oxygen atoms in total. The highest BCUT2D eigenvalue weighted by molar-refractivity contribution is 5.92. The molecule has 2 aromatic carbocycles. The number of nitrogens with one attached hydrogen (secondary N) is 1. The van der Waals surface area contributed by atoms with E-state index in [1.165, 1.54) is 0 Å². The third-order valence-electron chi connectivity index (χ3n) is 2.67. The van der Waals surface area contributed by atoms with E-state index in [1.54, 1.807) is 0 Å². The van der Waals surface area contributed by atoms with E-state index in [0.29, 0.717) is 5.96 Å². The molecule has 4 heteroatoms. The summed E-state index contributed by atoms with van der Waals surface area (Å²) < 4.78 is 0. The number of hydrogen-bond acceptors (Lipinski definition) is 2. The van der Waals surface area contributed by atoms with Gasteiger partial charge in [-0.3, -0.25) is 4.99 Å². The van der Waals surface area contributed by atoms with Crippen LogP contribution >= 0.6 is 0 Å². The lowest BCUT2D eigenvalue weighted by atomic mass is 10.1.